The lowest BCUT2D eigenvalue weighted by molar-refractivity contribution is 0.103. The number of ketones is 1. The van der Waals surface area contributed by atoms with Gasteiger partial charge in [0.2, 0.25) is 44.9 Å². The van der Waals surface area contributed by atoms with Crippen LogP contribution in [0.4, 0.5) is 17.1 Å². The average Bonchev–Trinajstić information content (AvgIpc) is 3.29. The highest BCUT2D eigenvalue weighted by Crippen LogP contribution is 2.49. The molecule has 0 heterocycles. The van der Waals surface area contributed by atoms with E-state index in [-0.39, 0.29) is 65.7 Å². The molecule has 0 atom stereocenters. The molecule has 0 aliphatic carbocycles. The van der Waals surface area contributed by atoms with Crippen molar-refractivity contribution in [2.24, 2.45) is 0 Å². The molecule has 8 aromatic rings. The summed E-state index contributed by atoms with van der Waals surface area (Å²) in [5.74, 6) is -6.44. The van der Waals surface area contributed by atoms with Crippen molar-refractivity contribution in [2.75, 3.05) is 0 Å². The molecular weight excluding hydrogens is 1290 g/mol. The zero-order valence-corrected chi connectivity index (χ0v) is 42.4. The molecule has 0 aromatic heterocycles. The molecule has 8 rings (SSSR count). The zero-order chi connectivity index (χ0) is 49.0. The van der Waals surface area contributed by atoms with Crippen LogP contribution in [0.25, 0.3) is 47.2 Å². The summed E-state index contributed by atoms with van der Waals surface area (Å²) < 4.78 is 106. The van der Waals surface area contributed by atoms with E-state index < -0.39 is 90.9 Å². The Bertz CT molecular complexity index is 4030. The fraction of sp³-hybridized carbons (Fsp3) is 0. The first-order valence-electron chi connectivity index (χ1n) is 18.7. The van der Waals surface area contributed by atoms with Crippen LogP contribution in [0.5, 0.6) is 34.5 Å². The molecule has 25 heteroatoms. The number of rotatable bonds is 11. The molecule has 338 valence electrons. The number of benzene rings is 8. The maximum atomic E-state index is 14.9. The molecule has 0 aliphatic rings. The fourth-order valence-corrected chi connectivity index (χ4v) is 14.6. The topological polar surface area (TPSA) is 292 Å². The van der Waals surface area contributed by atoms with Crippen molar-refractivity contribution in [1.29, 1.82) is 16.2 Å². The van der Waals surface area contributed by atoms with Gasteiger partial charge in [-0.05, 0) is 135 Å². The quantitative estimate of drug-likeness (QED) is 0.0469. The minimum atomic E-state index is -5.42. The maximum absolute atomic E-state index is 14.9. The number of phenolic OH excluding ortho intramolecular Hbond substituents is 3. The molecule has 68 heavy (non-hydrogen) atoms. The molecule has 0 spiro atoms. The monoisotopic (exact) mass is 1310 g/mol. The van der Waals surface area contributed by atoms with E-state index in [9.17, 15) is 61.5 Å². The van der Waals surface area contributed by atoms with Crippen LogP contribution in [0.3, 0.4) is 0 Å². The number of hydrogen-bond donors (Lipinski definition) is 3. The number of carbonyl (C=O) groups excluding carboxylic acids is 1. The van der Waals surface area contributed by atoms with Crippen LogP contribution in [-0.2, 0) is 30.4 Å². The Kier molecular flexibility index (Phi) is 12.7. The van der Waals surface area contributed by atoms with Crippen molar-refractivity contribution >= 4 is 153 Å². The van der Waals surface area contributed by atoms with Crippen molar-refractivity contribution < 1.29 is 57.9 Å². The first kappa shape index (κ1) is 47.8. The first-order chi connectivity index (χ1) is 32.2. The Morgan fingerprint density at radius 2 is 0.794 bits per heavy atom. The lowest BCUT2D eigenvalue weighted by Gasteiger charge is -2.20. The molecule has 0 fully saturated rings. The zero-order valence-electron chi connectivity index (χ0n) is 33.4. The molecule has 19 nitrogen and oxygen atoms in total. The van der Waals surface area contributed by atoms with Gasteiger partial charge in [0.1, 0.15) is 14.7 Å². The fourth-order valence-electron chi connectivity index (χ4n) is 7.13. The second kappa shape index (κ2) is 18.1. The van der Waals surface area contributed by atoms with Crippen molar-refractivity contribution in [3.05, 3.63) is 152 Å². The molecule has 0 aliphatic heterocycles. The van der Waals surface area contributed by atoms with E-state index in [0.29, 0.717) is 0 Å². The molecule has 0 amide bonds. The average molecular weight is 1310 g/mol. The van der Waals surface area contributed by atoms with Gasteiger partial charge in [-0.2, -0.15) is 25.3 Å². The maximum Gasteiger partial charge on any atom is 0.426 e. The molecular formula is C43H22I3N6O13S3+3. The van der Waals surface area contributed by atoms with Gasteiger partial charge >= 0.3 is 47.4 Å². The van der Waals surface area contributed by atoms with Crippen molar-refractivity contribution in [1.82, 2.24) is 0 Å². The Morgan fingerprint density at radius 3 is 1.18 bits per heavy atom. The second-order valence-electron chi connectivity index (χ2n) is 14.1. The van der Waals surface area contributed by atoms with E-state index >= 15 is 0 Å². The Balaban J connectivity index is 1.44. The van der Waals surface area contributed by atoms with Gasteiger partial charge in [-0.1, -0.05) is 30.3 Å². The number of diazo groups is 3. The van der Waals surface area contributed by atoms with Gasteiger partial charge < -0.3 is 27.9 Å². The summed E-state index contributed by atoms with van der Waals surface area (Å²) in [6.45, 7) is 0. The van der Waals surface area contributed by atoms with E-state index in [4.69, 9.17) is 12.5 Å². The van der Waals surface area contributed by atoms with E-state index in [0.717, 1.165) is 30.3 Å². The molecule has 3 N–H and O–H groups in total. The lowest BCUT2D eigenvalue weighted by atomic mass is 10.0. The normalized spacial score (nSPS) is 11.7. The third kappa shape index (κ3) is 8.36. The van der Waals surface area contributed by atoms with Crippen molar-refractivity contribution in [3.63, 3.8) is 0 Å². The van der Waals surface area contributed by atoms with Crippen LogP contribution in [0.15, 0.2) is 130 Å². The van der Waals surface area contributed by atoms with E-state index in [1.807, 2.05) is 0 Å². The number of aromatic hydroxyl groups is 3. The summed E-state index contributed by atoms with van der Waals surface area (Å²) in [4.78, 5) is 21.5. The lowest BCUT2D eigenvalue weighted by Crippen LogP contribution is -2.19. The van der Waals surface area contributed by atoms with Crippen molar-refractivity contribution in [2.45, 2.75) is 14.7 Å². The highest BCUT2D eigenvalue weighted by molar-refractivity contribution is 14.1. The number of fused-ring (bicyclic) bond motifs is 3. The Labute approximate surface area is 424 Å². The first-order valence-corrected chi connectivity index (χ1v) is 26.2. The molecule has 0 radical (unpaired) electrons. The number of halogens is 3. The van der Waals surface area contributed by atoms with Crippen LogP contribution in [-0.4, -0.2) is 46.4 Å². The minimum absolute atomic E-state index is 0.00163. The van der Waals surface area contributed by atoms with Gasteiger partial charge in [-0.3, -0.25) is 4.79 Å². The summed E-state index contributed by atoms with van der Waals surface area (Å²) in [7, 11) is -16.0. The van der Waals surface area contributed by atoms with E-state index in [1.54, 1.807) is 73.8 Å². The summed E-state index contributed by atoms with van der Waals surface area (Å²) >= 11 is 4.95. The molecule has 0 saturated carbocycles. The number of carbonyl (C=O) groups is 1. The highest BCUT2D eigenvalue weighted by atomic mass is 127. The summed E-state index contributed by atoms with van der Waals surface area (Å²) in [6.07, 6.45) is 0. The third-order valence-corrected chi connectivity index (χ3v) is 18.0. The minimum Gasteiger partial charge on any atom is -0.501 e. The van der Waals surface area contributed by atoms with Gasteiger partial charge in [-0.15, -0.1) is 0 Å². The van der Waals surface area contributed by atoms with Crippen LogP contribution in [0.2, 0.25) is 0 Å². The van der Waals surface area contributed by atoms with Gasteiger partial charge in [-0.25, -0.2) is 0 Å². The predicted octanol–water partition coefficient (Wildman–Crippen LogP) is 11.1. The largest absolute Gasteiger partial charge is 0.501 e. The highest BCUT2D eigenvalue weighted by Gasteiger charge is 2.38. The van der Waals surface area contributed by atoms with Gasteiger partial charge in [0.15, 0.2) is 26.5 Å². The number of hydrogen-bond acceptors (Lipinski definition) is 16. The molecule has 0 saturated heterocycles. The standard InChI is InChI=1S/C43H19I3N6O13S3/c44-28-13-6-21-24(9-16-31(50-47)36(21)54)41(28)66(57,58)63-34-19-12-27(35(53)20-4-2-1-3-5-20)39(64-67(59,60)42-25-10-17-32(51-48)37(55)22(25)7-14-29(42)45)40(34)65-68(61,62)43-26-11-18-33(52-49)38(56)23(26)8-15-30(43)46/h1-19H/p+3. The molecule has 0 bridgehead atoms. The Morgan fingerprint density at radius 1 is 0.441 bits per heavy atom. The number of phenols is 3. The third-order valence-electron chi connectivity index (χ3n) is 10.2. The molecule has 8 aromatic carbocycles. The van der Waals surface area contributed by atoms with Crippen molar-refractivity contribution in [3.8, 4) is 34.5 Å². The second-order valence-corrected chi connectivity index (χ2v) is 22.0. The Hall–Kier alpha value is -6.69. The van der Waals surface area contributed by atoms with Crippen LogP contribution < -0.4 is 12.5 Å². The molecule has 0 unspecified atom stereocenters. The van der Waals surface area contributed by atoms with E-state index in [2.05, 4.69) is 14.9 Å². The van der Waals surface area contributed by atoms with Crippen LogP contribution >= 0.6 is 67.8 Å². The number of nitrogens with zero attached hydrogens (tertiary/aromatic N) is 6. The van der Waals surface area contributed by atoms with Crippen LogP contribution in [0, 0.1) is 26.9 Å². The predicted molar refractivity (Wildman–Crippen MR) is 269 cm³/mol. The summed E-state index contributed by atoms with van der Waals surface area (Å²) in [5.41, 5.74) is -1.77. The van der Waals surface area contributed by atoms with Crippen LogP contribution in [0.1, 0.15) is 15.9 Å². The van der Waals surface area contributed by atoms with Gasteiger partial charge in [0.25, 0.3) is 0 Å². The van der Waals surface area contributed by atoms with Gasteiger partial charge in [0.05, 0.1) is 5.56 Å². The summed E-state index contributed by atoms with van der Waals surface area (Å²) in [5, 5.41) is 59.9. The van der Waals surface area contributed by atoms with Gasteiger partial charge in [0, 0.05) is 66.8 Å². The summed E-state index contributed by atoms with van der Waals surface area (Å²) in [6, 6.07) is 23.5. The smallest absolute Gasteiger partial charge is 0.426 e. The SMILES string of the molecule is N#[N+]c1ccc2c(S(=O)(=O)Oc3ccc(C(=O)c4ccccc4)c(OS(=O)(=O)c4c(I)ccc5c(O)c([N+]#N)ccc45)c3OS(=O)(=O)c3c(I)ccc4c(O)c([N+]#N)ccc34)c(I)ccc2c1O. The van der Waals surface area contributed by atoms with E-state index in [1.165, 1.54) is 78.9 Å².